The molecule has 0 fully saturated rings. The number of rotatable bonds is 5. The van der Waals surface area contributed by atoms with Gasteiger partial charge in [0.15, 0.2) is 17.2 Å². The summed E-state index contributed by atoms with van der Waals surface area (Å²) >= 11 is 0. The first kappa shape index (κ1) is 18.3. The van der Waals surface area contributed by atoms with Gasteiger partial charge in [0.1, 0.15) is 0 Å². The summed E-state index contributed by atoms with van der Waals surface area (Å²) < 4.78 is 18.3. The Morgan fingerprint density at radius 3 is 2.81 bits per heavy atom. The maximum absolute atomic E-state index is 12.8. The lowest BCUT2D eigenvalue weighted by molar-refractivity contribution is -0.00903. The first-order chi connectivity index (χ1) is 12.5. The van der Waals surface area contributed by atoms with Gasteiger partial charge >= 0.3 is 0 Å². The minimum atomic E-state index is -0.201. The normalized spacial score (nSPS) is 19.0. The molecule has 2 heterocycles. The van der Waals surface area contributed by atoms with E-state index in [1.165, 1.54) is 0 Å². The Balaban J connectivity index is 1.81. The fraction of sp³-hybridized carbons (Fsp3) is 0.474. The maximum atomic E-state index is 12.8. The number of carbonyl (C=O) groups is 1. The van der Waals surface area contributed by atoms with E-state index in [2.05, 4.69) is 10.4 Å². The van der Waals surface area contributed by atoms with Gasteiger partial charge in [0.25, 0.3) is 5.91 Å². The van der Waals surface area contributed by atoms with E-state index in [1.807, 2.05) is 39.1 Å². The summed E-state index contributed by atoms with van der Waals surface area (Å²) in [5, 5.41) is 7.38. The van der Waals surface area contributed by atoms with Crippen LogP contribution in [0.4, 0.5) is 0 Å². The van der Waals surface area contributed by atoms with E-state index in [4.69, 9.17) is 14.2 Å². The Hall–Kier alpha value is -2.54. The molecule has 0 spiro atoms. The summed E-state index contributed by atoms with van der Waals surface area (Å²) in [4.78, 5) is 12.8. The van der Waals surface area contributed by atoms with Gasteiger partial charge in [-0.2, -0.15) is 5.10 Å². The number of hydrogen-bond donors (Lipinski definition) is 1. The zero-order chi connectivity index (χ0) is 18.8. The Morgan fingerprint density at radius 2 is 2.12 bits per heavy atom. The number of carbonyl (C=O) groups excluding carboxylic acids is 1. The van der Waals surface area contributed by atoms with Crippen LogP contribution in [0.3, 0.4) is 0 Å². The van der Waals surface area contributed by atoms with Gasteiger partial charge in [-0.05, 0) is 19.9 Å². The van der Waals surface area contributed by atoms with Crippen LogP contribution in [0.1, 0.15) is 47.3 Å². The van der Waals surface area contributed by atoms with Crippen LogP contribution >= 0.6 is 0 Å². The summed E-state index contributed by atoms with van der Waals surface area (Å²) in [7, 11) is 5.02. The van der Waals surface area contributed by atoms with E-state index < -0.39 is 0 Å². The van der Waals surface area contributed by atoms with Crippen LogP contribution in [0, 0.1) is 0 Å². The molecule has 1 N–H and O–H groups in total. The average molecular weight is 359 g/mol. The van der Waals surface area contributed by atoms with Crippen LogP contribution in [0.2, 0.25) is 0 Å². The van der Waals surface area contributed by atoms with Crippen LogP contribution in [-0.2, 0) is 24.8 Å². The van der Waals surface area contributed by atoms with Gasteiger partial charge in [-0.1, -0.05) is 12.1 Å². The van der Waals surface area contributed by atoms with Gasteiger partial charge < -0.3 is 19.5 Å². The summed E-state index contributed by atoms with van der Waals surface area (Å²) in [6.45, 7) is 4.32. The number of methoxy groups -OCH3 is 2. The molecule has 7 heteroatoms. The molecule has 1 aliphatic heterocycles. The molecule has 1 aromatic heterocycles. The number of fused-ring (bicyclic) bond motifs is 1. The third-order valence-electron chi connectivity index (χ3n) is 4.65. The highest BCUT2D eigenvalue weighted by molar-refractivity contribution is 5.94. The molecule has 0 radical (unpaired) electrons. The number of nitrogens with zero attached hydrogens (tertiary/aromatic N) is 2. The monoisotopic (exact) mass is 359 g/mol. The lowest BCUT2D eigenvalue weighted by atomic mass is 9.99. The van der Waals surface area contributed by atoms with Gasteiger partial charge in [0, 0.05) is 31.1 Å². The van der Waals surface area contributed by atoms with E-state index in [9.17, 15) is 4.79 Å². The molecule has 0 saturated heterocycles. The quantitative estimate of drug-likeness (QED) is 0.887. The van der Waals surface area contributed by atoms with Crippen LogP contribution in [0.15, 0.2) is 18.2 Å². The van der Waals surface area contributed by atoms with Crippen LogP contribution in [-0.4, -0.2) is 36.0 Å². The topological polar surface area (TPSA) is 74.6 Å². The minimum Gasteiger partial charge on any atom is -0.493 e. The largest absolute Gasteiger partial charge is 0.493 e. The molecule has 7 nitrogen and oxygen atoms in total. The van der Waals surface area contributed by atoms with Crippen molar-refractivity contribution < 1.29 is 19.0 Å². The van der Waals surface area contributed by atoms with Crippen molar-refractivity contribution in [3.8, 4) is 11.5 Å². The molecule has 2 aromatic rings. The molecule has 26 heavy (non-hydrogen) atoms. The molecular weight excluding hydrogens is 334 g/mol. The summed E-state index contributed by atoms with van der Waals surface area (Å²) in [6.07, 6.45) is 0.664. The zero-order valence-corrected chi connectivity index (χ0v) is 15.8. The van der Waals surface area contributed by atoms with Gasteiger partial charge in [0.2, 0.25) is 0 Å². The first-order valence-electron chi connectivity index (χ1n) is 8.65. The SMILES string of the molecule is COc1cccc(CNC(=O)c2nn(C)c3c2C[C@H](C)O[C@@H]3C)c1OC. The van der Waals surface area contributed by atoms with Crippen molar-refractivity contribution in [1.82, 2.24) is 15.1 Å². The Bertz CT molecular complexity index is 815. The van der Waals surface area contributed by atoms with Crippen molar-refractivity contribution in [3.05, 3.63) is 40.7 Å². The Kier molecular flexibility index (Phi) is 5.18. The van der Waals surface area contributed by atoms with Crippen LogP contribution < -0.4 is 14.8 Å². The smallest absolute Gasteiger partial charge is 0.272 e. The zero-order valence-electron chi connectivity index (χ0n) is 15.8. The first-order valence-corrected chi connectivity index (χ1v) is 8.65. The fourth-order valence-electron chi connectivity index (χ4n) is 3.57. The number of hydrogen-bond acceptors (Lipinski definition) is 5. The fourth-order valence-corrected chi connectivity index (χ4v) is 3.57. The summed E-state index contributed by atoms with van der Waals surface area (Å²) in [5.41, 5.74) is 3.24. The summed E-state index contributed by atoms with van der Waals surface area (Å²) in [6, 6.07) is 5.59. The van der Waals surface area contributed by atoms with E-state index >= 15 is 0 Å². The number of aryl methyl sites for hydroxylation is 1. The average Bonchev–Trinajstić information content (AvgIpc) is 2.95. The molecule has 1 aliphatic rings. The Morgan fingerprint density at radius 1 is 1.35 bits per heavy atom. The number of benzene rings is 1. The predicted octanol–water partition coefficient (Wildman–Crippen LogP) is 2.39. The number of aromatic nitrogens is 2. The number of para-hydroxylation sites is 1. The molecule has 1 aromatic carbocycles. The van der Waals surface area contributed by atoms with Crippen molar-refractivity contribution in [2.45, 2.75) is 39.0 Å². The number of amides is 1. The molecule has 2 atom stereocenters. The molecule has 0 bridgehead atoms. The lowest BCUT2D eigenvalue weighted by Gasteiger charge is -2.26. The van der Waals surface area contributed by atoms with Gasteiger partial charge in [-0.15, -0.1) is 0 Å². The van der Waals surface area contributed by atoms with E-state index in [0.29, 0.717) is 30.2 Å². The van der Waals surface area contributed by atoms with Gasteiger partial charge in [-0.3, -0.25) is 9.48 Å². The van der Waals surface area contributed by atoms with Gasteiger partial charge in [0.05, 0.1) is 32.1 Å². The summed E-state index contributed by atoms with van der Waals surface area (Å²) in [5.74, 6) is 1.05. The van der Waals surface area contributed by atoms with Crippen molar-refractivity contribution in [2.75, 3.05) is 14.2 Å². The minimum absolute atomic E-state index is 0.0618. The molecular formula is C19H25N3O4. The third kappa shape index (κ3) is 3.26. The van der Waals surface area contributed by atoms with E-state index in [1.54, 1.807) is 18.9 Å². The molecule has 0 aliphatic carbocycles. The van der Waals surface area contributed by atoms with Gasteiger partial charge in [-0.25, -0.2) is 0 Å². The molecule has 0 unspecified atom stereocenters. The molecule has 140 valence electrons. The maximum Gasteiger partial charge on any atom is 0.272 e. The van der Waals surface area contributed by atoms with Crippen molar-refractivity contribution in [3.63, 3.8) is 0 Å². The second-order valence-corrected chi connectivity index (χ2v) is 6.46. The van der Waals surface area contributed by atoms with Crippen molar-refractivity contribution in [1.29, 1.82) is 0 Å². The standard InChI is InChI=1S/C19H25N3O4/c1-11-9-14-16(21-22(3)17(14)12(2)26-11)19(23)20-10-13-7-6-8-15(24-4)18(13)25-5/h6-8,11-12H,9-10H2,1-5H3,(H,20,23)/t11-,12+/m0/s1. The third-order valence-corrected chi connectivity index (χ3v) is 4.65. The highest BCUT2D eigenvalue weighted by Gasteiger charge is 2.31. The van der Waals surface area contributed by atoms with Crippen LogP contribution in [0.25, 0.3) is 0 Å². The lowest BCUT2D eigenvalue weighted by Crippen LogP contribution is -2.27. The second kappa shape index (κ2) is 7.37. The molecule has 1 amide bonds. The van der Waals surface area contributed by atoms with Crippen LogP contribution in [0.5, 0.6) is 11.5 Å². The second-order valence-electron chi connectivity index (χ2n) is 6.46. The van der Waals surface area contributed by atoms with E-state index in [0.717, 1.165) is 16.8 Å². The molecule has 3 rings (SSSR count). The highest BCUT2D eigenvalue weighted by atomic mass is 16.5. The molecule has 0 saturated carbocycles. The number of nitrogens with one attached hydrogen (secondary N) is 1. The van der Waals surface area contributed by atoms with Crippen molar-refractivity contribution >= 4 is 5.91 Å². The highest BCUT2D eigenvalue weighted by Crippen LogP contribution is 2.32. The Labute approximate surface area is 153 Å². The van der Waals surface area contributed by atoms with E-state index in [-0.39, 0.29) is 18.1 Å². The number of ether oxygens (including phenoxy) is 3. The predicted molar refractivity (Wildman–Crippen MR) is 96.6 cm³/mol. The van der Waals surface area contributed by atoms with Crippen molar-refractivity contribution in [2.24, 2.45) is 7.05 Å².